The maximum atomic E-state index is 12.2. The van der Waals surface area contributed by atoms with Gasteiger partial charge in [-0.05, 0) is 18.1 Å². The van der Waals surface area contributed by atoms with Crippen molar-refractivity contribution in [2.24, 2.45) is 0 Å². The van der Waals surface area contributed by atoms with Crippen LogP contribution in [-0.2, 0) is 0 Å². The maximum absolute atomic E-state index is 12.2. The first kappa shape index (κ1) is 14.6. The summed E-state index contributed by atoms with van der Waals surface area (Å²) in [6.07, 6.45) is -0.949. The van der Waals surface area contributed by atoms with Crippen LogP contribution in [0.2, 0.25) is 0 Å². The molecule has 1 aromatic carbocycles. The molecule has 0 saturated carbocycles. The topological polar surface area (TPSA) is 86.0 Å². The molecule has 6 nitrogen and oxygen atoms in total. The highest BCUT2D eigenvalue weighted by Gasteiger charge is 2.18. The van der Waals surface area contributed by atoms with Gasteiger partial charge in [0.2, 0.25) is 0 Å². The van der Waals surface area contributed by atoms with Crippen LogP contribution in [0.3, 0.4) is 0 Å². The molecule has 0 spiro atoms. The average Bonchev–Trinajstić information content (AvgIpc) is 2.84. The Balaban J connectivity index is 2.53. The van der Waals surface area contributed by atoms with E-state index in [1.807, 2.05) is 6.92 Å². The van der Waals surface area contributed by atoms with Gasteiger partial charge >= 0.3 is 6.16 Å². The Morgan fingerprint density at radius 2 is 2.05 bits per heavy atom. The molecule has 6 heteroatoms. The van der Waals surface area contributed by atoms with E-state index in [0.717, 1.165) is 0 Å². The van der Waals surface area contributed by atoms with Gasteiger partial charge in [-0.3, -0.25) is 4.79 Å². The van der Waals surface area contributed by atoms with E-state index in [0.29, 0.717) is 34.3 Å². The van der Waals surface area contributed by atoms with Gasteiger partial charge in [0, 0.05) is 17.5 Å². The number of carboxylic acid groups (broad SMARTS) is 1. The monoisotopic (exact) mass is 290 g/mol. The van der Waals surface area contributed by atoms with Crippen LogP contribution in [-0.4, -0.2) is 24.2 Å². The number of carbonyl (C=O) groups excluding carboxylic acids is 1. The highest BCUT2D eigenvalue weighted by atomic mass is 16.7. The fourth-order valence-electron chi connectivity index (χ4n) is 1.88. The van der Waals surface area contributed by atoms with E-state index >= 15 is 0 Å². The Hall–Kier alpha value is -2.76. The summed E-state index contributed by atoms with van der Waals surface area (Å²) in [6, 6.07) is 4.48. The van der Waals surface area contributed by atoms with Crippen LogP contribution in [0.1, 0.15) is 23.7 Å². The lowest BCUT2D eigenvalue weighted by Gasteiger charge is -2.08. The van der Waals surface area contributed by atoms with E-state index in [9.17, 15) is 9.59 Å². The predicted octanol–water partition coefficient (Wildman–Crippen LogP) is 3.65. The number of rotatable bonds is 5. The molecule has 0 aliphatic heterocycles. The van der Waals surface area contributed by atoms with E-state index in [1.165, 1.54) is 19.2 Å². The minimum absolute atomic E-state index is 0.168. The fraction of sp³-hybridized carbons (Fsp3) is 0.200. The van der Waals surface area contributed by atoms with Crippen LogP contribution in [0.25, 0.3) is 11.0 Å². The van der Waals surface area contributed by atoms with Crippen LogP contribution in [0.15, 0.2) is 34.8 Å². The van der Waals surface area contributed by atoms with E-state index in [4.69, 9.17) is 14.3 Å². The highest BCUT2D eigenvalue weighted by molar-refractivity contribution is 6.11. The molecule has 21 heavy (non-hydrogen) atoms. The van der Waals surface area contributed by atoms with E-state index < -0.39 is 6.16 Å². The van der Waals surface area contributed by atoms with Crippen LogP contribution in [0.4, 0.5) is 4.79 Å². The van der Waals surface area contributed by atoms with Gasteiger partial charge in [-0.15, -0.1) is 0 Å². The Labute approximate surface area is 120 Å². The van der Waals surface area contributed by atoms with Gasteiger partial charge in [-0.2, -0.15) is 0 Å². The van der Waals surface area contributed by atoms with Crippen molar-refractivity contribution in [1.29, 1.82) is 0 Å². The third kappa shape index (κ3) is 2.89. The largest absolute Gasteiger partial charge is 0.513 e. The molecule has 2 rings (SSSR count). The number of fused-ring (bicyclic) bond motifs is 1. The van der Waals surface area contributed by atoms with Crippen molar-refractivity contribution in [3.8, 4) is 11.7 Å². The molecule has 1 N–H and O–H groups in total. The van der Waals surface area contributed by atoms with Crippen molar-refractivity contribution in [2.75, 3.05) is 7.11 Å². The second-order valence-electron chi connectivity index (χ2n) is 4.31. The summed E-state index contributed by atoms with van der Waals surface area (Å²) in [7, 11) is 1.43. The smallest absolute Gasteiger partial charge is 0.496 e. The summed E-state index contributed by atoms with van der Waals surface area (Å²) in [4.78, 5) is 22.7. The lowest BCUT2D eigenvalue weighted by atomic mass is 10.0. The quantitative estimate of drug-likeness (QED) is 0.514. The van der Waals surface area contributed by atoms with E-state index in [2.05, 4.69) is 11.3 Å². The molecule has 2 aromatic rings. The summed E-state index contributed by atoms with van der Waals surface area (Å²) in [6.45, 7) is 5.55. The molecule has 0 aliphatic carbocycles. The van der Waals surface area contributed by atoms with Gasteiger partial charge in [-0.25, -0.2) is 4.79 Å². The first-order chi connectivity index (χ1) is 9.96. The Morgan fingerprint density at radius 1 is 1.33 bits per heavy atom. The Bertz CT molecular complexity index is 725. The fourth-order valence-corrected chi connectivity index (χ4v) is 1.88. The van der Waals surface area contributed by atoms with Crippen LogP contribution in [0, 0.1) is 0 Å². The number of hydrogen-bond donors (Lipinski definition) is 1. The Morgan fingerprint density at radius 3 is 2.62 bits per heavy atom. The average molecular weight is 290 g/mol. The molecule has 0 saturated heterocycles. The van der Waals surface area contributed by atoms with Gasteiger partial charge in [0.15, 0.2) is 5.78 Å². The first-order valence-corrected chi connectivity index (χ1v) is 6.21. The third-order valence-corrected chi connectivity index (χ3v) is 3.00. The van der Waals surface area contributed by atoms with Crippen LogP contribution >= 0.6 is 0 Å². The number of methoxy groups -OCH3 is 1. The summed E-state index contributed by atoms with van der Waals surface area (Å²) in [5, 5.41) is 9.11. The number of Topliss-reactive ketones (excluding diaryl/α,β-unsaturated/α-hetero) is 1. The predicted molar refractivity (Wildman–Crippen MR) is 75.2 cm³/mol. The molecule has 0 atom stereocenters. The number of ketones is 1. The van der Waals surface area contributed by atoms with E-state index in [-0.39, 0.29) is 11.7 Å². The number of hydrogen-bond acceptors (Lipinski definition) is 5. The molecule has 0 amide bonds. The van der Waals surface area contributed by atoms with Gasteiger partial charge < -0.3 is 19.0 Å². The zero-order valence-electron chi connectivity index (χ0n) is 11.6. The second kappa shape index (κ2) is 5.70. The van der Waals surface area contributed by atoms with Crippen molar-refractivity contribution in [3.05, 3.63) is 35.9 Å². The molecule has 1 heterocycles. The number of furan rings is 1. The standard InChI is InChI=1S/C15H14O6/c1-4-8(2)14(16)10-5-9-6-13(21-15(17)18)20-11(9)7-12(10)19-3/h5-7H,2,4H2,1,3H3,(H,17,18). The van der Waals surface area contributed by atoms with Crippen LogP contribution in [0.5, 0.6) is 11.7 Å². The number of benzene rings is 1. The van der Waals surface area contributed by atoms with Crippen molar-refractivity contribution >= 4 is 22.9 Å². The van der Waals surface area contributed by atoms with Gasteiger partial charge in [0.05, 0.1) is 12.7 Å². The zero-order chi connectivity index (χ0) is 15.6. The molecule has 0 bridgehead atoms. The normalized spacial score (nSPS) is 10.4. The molecular formula is C15H14O6. The molecule has 0 fully saturated rings. The molecule has 110 valence electrons. The maximum Gasteiger partial charge on any atom is 0.513 e. The second-order valence-corrected chi connectivity index (χ2v) is 4.31. The lowest BCUT2D eigenvalue weighted by molar-refractivity contribution is 0.102. The summed E-state index contributed by atoms with van der Waals surface area (Å²) in [5.41, 5.74) is 1.17. The summed E-state index contributed by atoms with van der Waals surface area (Å²) >= 11 is 0. The van der Waals surface area contributed by atoms with Crippen molar-refractivity contribution in [3.63, 3.8) is 0 Å². The Kier molecular flexibility index (Phi) is 3.98. The van der Waals surface area contributed by atoms with Gasteiger partial charge in [0.1, 0.15) is 11.3 Å². The zero-order valence-corrected chi connectivity index (χ0v) is 11.6. The van der Waals surface area contributed by atoms with Gasteiger partial charge in [0.25, 0.3) is 5.95 Å². The number of allylic oxidation sites excluding steroid dienone is 1. The molecule has 0 aliphatic rings. The van der Waals surface area contributed by atoms with Crippen molar-refractivity contribution < 1.29 is 28.6 Å². The molecule has 0 unspecified atom stereocenters. The van der Waals surface area contributed by atoms with Crippen LogP contribution < -0.4 is 9.47 Å². The molecule has 0 radical (unpaired) electrons. The minimum atomic E-state index is -1.48. The first-order valence-electron chi connectivity index (χ1n) is 6.21. The lowest BCUT2D eigenvalue weighted by Crippen LogP contribution is -2.04. The highest BCUT2D eigenvalue weighted by Crippen LogP contribution is 2.32. The van der Waals surface area contributed by atoms with E-state index in [1.54, 1.807) is 6.07 Å². The third-order valence-electron chi connectivity index (χ3n) is 3.00. The summed E-state index contributed by atoms with van der Waals surface area (Å²) in [5.74, 6) is -0.0602. The SMILES string of the molecule is C=C(CC)C(=O)c1cc2cc(OC(=O)O)oc2cc1OC. The summed E-state index contributed by atoms with van der Waals surface area (Å²) < 4.78 is 14.9. The number of carbonyl (C=O) groups is 2. The minimum Gasteiger partial charge on any atom is -0.496 e. The van der Waals surface area contributed by atoms with Crippen molar-refractivity contribution in [2.45, 2.75) is 13.3 Å². The molecular weight excluding hydrogens is 276 g/mol. The molecule has 1 aromatic heterocycles. The van der Waals surface area contributed by atoms with Crippen molar-refractivity contribution in [1.82, 2.24) is 0 Å². The number of ether oxygens (including phenoxy) is 2. The van der Waals surface area contributed by atoms with Gasteiger partial charge in [-0.1, -0.05) is 13.5 Å².